The third-order valence-corrected chi connectivity index (χ3v) is 0.282. The largest absolute Gasteiger partial charge is 0.391 e. The van der Waals surface area contributed by atoms with Crippen LogP contribution in [0.3, 0.4) is 0 Å². The second kappa shape index (κ2) is 2.28. The van der Waals surface area contributed by atoms with Gasteiger partial charge >= 0.3 is 0 Å². The normalized spacial score (nSPS) is 44.1. The Morgan fingerprint density at radius 2 is 2.71 bits per heavy atom. The van der Waals surface area contributed by atoms with Crippen LogP contribution >= 0.6 is 0 Å². The van der Waals surface area contributed by atoms with E-state index in [4.69, 9.17) is 17.4 Å². The van der Waals surface area contributed by atoms with Crippen LogP contribution in [-0.4, -0.2) is 43.7 Å². The third-order valence-electron chi connectivity index (χ3n) is 0.282. The quantitative estimate of drug-likeness (QED) is 0.487. The van der Waals surface area contributed by atoms with Crippen molar-refractivity contribution in [2.45, 2.75) is 0 Å². The second-order valence-corrected chi connectivity index (χ2v) is 1.30. The van der Waals surface area contributed by atoms with Gasteiger partial charge < -0.3 is 9.59 Å². The molecule has 7 heavy (non-hydrogen) atoms. The average molecular weight is 113 g/mol. The molecule has 0 bridgehead atoms. The predicted octanol–water partition coefficient (Wildman–Crippen LogP) is -0.315. The Morgan fingerprint density at radius 3 is 2.86 bits per heavy atom. The summed E-state index contributed by atoms with van der Waals surface area (Å²) in [7, 11) is 0.700. The van der Waals surface area contributed by atoms with Crippen LogP contribution in [0.15, 0.2) is 0 Å². The van der Waals surface area contributed by atoms with E-state index in [1.54, 1.807) is 0 Å². The Labute approximate surface area is 57.6 Å². The van der Waals surface area contributed by atoms with E-state index >= 15 is 0 Å². The van der Waals surface area contributed by atoms with Gasteiger partial charge in [-0.2, -0.15) is 0 Å². The van der Waals surface area contributed by atoms with Crippen molar-refractivity contribution in [1.82, 2.24) is 0 Å². The molecule has 0 aromatic carbocycles. The molecule has 1 unspecified atom stereocenters. The van der Waals surface area contributed by atoms with Crippen molar-refractivity contribution in [3.05, 3.63) is 0 Å². The van der Waals surface area contributed by atoms with Gasteiger partial charge in [0.2, 0.25) is 0 Å². The van der Waals surface area contributed by atoms with Gasteiger partial charge in [-0.1, -0.05) is 0 Å². The molecule has 0 fully saturated rings. The number of hydrogen-bond donors (Lipinski definition) is 1. The van der Waals surface area contributed by atoms with Crippen LogP contribution in [-0.2, 0) is 0 Å². The molecule has 0 aliphatic heterocycles. The molecule has 0 radical (unpaired) electrons. The van der Waals surface area contributed by atoms with Crippen LogP contribution in [0.4, 0.5) is 0 Å². The lowest BCUT2D eigenvalue weighted by Gasteiger charge is -2.21. The Balaban J connectivity index is 5.75. The van der Waals surface area contributed by atoms with E-state index < -0.39 is 31.5 Å². The molecular formula is C5H14NO+. The van der Waals surface area contributed by atoms with Crippen molar-refractivity contribution in [2.24, 2.45) is 0 Å². The minimum atomic E-state index is -3.48. The summed E-state index contributed by atoms with van der Waals surface area (Å²) in [6.45, 7) is -12.2. The first-order valence-corrected chi connectivity index (χ1v) is 1.63. The lowest BCUT2D eigenvalue weighted by Crippen LogP contribution is -2.36. The summed E-state index contributed by atoms with van der Waals surface area (Å²) in [6, 6.07) is 0. The van der Waals surface area contributed by atoms with Crippen molar-refractivity contribution in [3.8, 4) is 0 Å². The van der Waals surface area contributed by atoms with E-state index in [-0.39, 0.29) is 0 Å². The Bertz CT molecular complexity index is 256. The molecule has 0 aromatic heterocycles. The van der Waals surface area contributed by atoms with Gasteiger partial charge in [-0.3, -0.25) is 0 Å². The van der Waals surface area contributed by atoms with Gasteiger partial charge in [-0.25, -0.2) is 0 Å². The van der Waals surface area contributed by atoms with Crippen molar-refractivity contribution in [3.63, 3.8) is 0 Å². The highest BCUT2D eigenvalue weighted by molar-refractivity contribution is 4.19. The molecule has 0 rings (SSSR count). The molecule has 0 aliphatic rings. The minimum absolute atomic E-state index is 0.700. The van der Waals surface area contributed by atoms with E-state index in [1.807, 2.05) is 0 Å². The molecule has 1 N–H and O–H groups in total. The number of rotatable bonds is 2. The highest BCUT2D eigenvalue weighted by Gasteiger charge is 2.02. The van der Waals surface area contributed by atoms with Crippen molar-refractivity contribution in [1.29, 1.82) is 0 Å². The van der Waals surface area contributed by atoms with Crippen LogP contribution in [0, 0.1) is 0 Å². The molecule has 44 valence electrons. The molecule has 0 saturated heterocycles. The summed E-state index contributed by atoms with van der Waals surface area (Å²) in [6.07, 6.45) is 0. The summed E-state index contributed by atoms with van der Waals surface area (Å²) in [5, 5.41) is 9.02. The molecule has 0 spiro atoms. The van der Waals surface area contributed by atoms with Gasteiger partial charge in [-0.15, -0.1) is 0 Å². The lowest BCUT2D eigenvalue weighted by molar-refractivity contribution is -0.870. The fraction of sp³-hybridized carbons (Fsp3) is 1.00. The maximum absolute atomic E-state index is 9.02. The standard InChI is InChI=1S/C5H14NO/c1-6(2,3)4-5-7/h7H,4-5H2,1-3H3/q+1/i1D2,2D3,4D2,5D2. The van der Waals surface area contributed by atoms with Gasteiger partial charge in [0, 0.05) is 0 Å². The fourth-order valence-corrected chi connectivity index (χ4v) is 0.104. The molecule has 0 aliphatic carbocycles. The van der Waals surface area contributed by atoms with Gasteiger partial charge in [-0.05, 0) is 0 Å². The summed E-state index contributed by atoms with van der Waals surface area (Å²) < 4.78 is 62.0. The van der Waals surface area contributed by atoms with Gasteiger partial charge in [0.25, 0.3) is 0 Å². The topological polar surface area (TPSA) is 20.2 Å². The number of likely N-dealkylation sites (N-methyl/N-ethyl adjacent to an activating group) is 1. The fourth-order valence-electron chi connectivity index (χ4n) is 0.104. The summed E-state index contributed by atoms with van der Waals surface area (Å²) in [4.78, 5) is 0. The van der Waals surface area contributed by atoms with E-state index in [2.05, 4.69) is 0 Å². The molecule has 0 heterocycles. The summed E-state index contributed by atoms with van der Waals surface area (Å²) in [5.41, 5.74) is 0. The Morgan fingerprint density at radius 1 is 2.00 bits per heavy atom. The molecule has 1 atom stereocenters. The summed E-state index contributed by atoms with van der Waals surface area (Å²) in [5.74, 6) is 0. The first kappa shape index (κ1) is 1.09. The van der Waals surface area contributed by atoms with Crippen LogP contribution in [0.1, 0.15) is 12.3 Å². The maximum atomic E-state index is 9.02. The number of quaternary nitrogens is 1. The van der Waals surface area contributed by atoms with E-state index in [0.29, 0.717) is 7.05 Å². The Kier molecular flexibility index (Phi) is 0.356. The van der Waals surface area contributed by atoms with Crippen LogP contribution in [0.5, 0.6) is 0 Å². The first-order chi connectivity index (χ1) is 6.69. The van der Waals surface area contributed by atoms with E-state index in [9.17, 15) is 0 Å². The van der Waals surface area contributed by atoms with Crippen LogP contribution in [0.2, 0.25) is 0 Å². The highest BCUT2D eigenvalue weighted by Crippen LogP contribution is 1.84. The average Bonchev–Trinajstić information content (AvgIpc) is 1.97. The third kappa shape index (κ3) is 5.92. The SMILES string of the molecule is [2H]C([2H])[N+](C)(C([2H])([2H])[2H])C([2H])([2H])C([2H])([2H])O. The molecular weight excluding hydrogens is 90.1 g/mol. The van der Waals surface area contributed by atoms with Crippen molar-refractivity contribution >= 4 is 0 Å². The molecule has 0 amide bonds. The van der Waals surface area contributed by atoms with Gasteiger partial charge in [0.05, 0.1) is 39.9 Å². The predicted molar refractivity (Wildman–Crippen MR) is 30.0 cm³/mol. The lowest BCUT2D eigenvalue weighted by atomic mass is 10.5. The molecule has 2 nitrogen and oxygen atoms in total. The molecule has 2 heteroatoms. The van der Waals surface area contributed by atoms with E-state index in [1.165, 1.54) is 0 Å². The smallest absolute Gasteiger partial charge is 0.101 e. The number of nitrogens with zero attached hydrogens (tertiary/aromatic N) is 1. The van der Waals surface area contributed by atoms with Gasteiger partial charge in [0.15, 0.2) is 0 Å². The van der Waals surface area contributed by atoms with Gasteiger partial charge in [0.1, 0.15) is 6.50 Å². The summed E-state index contributed by atoms with van der Waals surface area (Å²) >= 11 is 0. The number of hydrogen-bond acceptors (Lipinski definition) is 1. The monoisotopic (exact) mass is 113 g/mol. The van der Waals surface area contributed by atoms with E-state index in [0.717, 1.165) is 0 Å². The Hall–Kier alpha value is -0.0800. The second-order valence-electron chi connectivity index (χ2n) is 1.30. The van der Waals surface area contributed by atoms with Crippen LogP contribution in [0.25, 0.3) is 0 Å². The minimum Gasteiger partial charge on any atom is -0.391 e. The zero-order valence-corrected chi connectivity index (χ0v) is 3.97. The zero-order chi connectivity index (χ0) is 13.6. The van der Waals surface area contributed by atoms with Crippen molar-refractivity contribution < 1.29 is 21.9 Å². The van der Waals surface area contributed by atoms with Crippen LogP contribution < -0.4 is 0 Å². The molecule has 0 saturated carbocycles. The number of aliphatic hydroxyl groups is 1. The molecule has 0 aromatic rings. The highest BCUT2D eigenvalue weighted by atomic mass is 16.3. The zero-order valence-electron chi connectivity index (χ0n) is 13.0. The maximum Gasteiger partial charge on any atom is 0.101 e. The van der Waals surface area contributed by atoms with Crippen molar-refractivity contribution in [2.75, 3.05) is 34.1 Å². The first-order valence-electron chi connectivity index (χ1n) is 6.28.